The Kier molecular flexibility index (Phi) is 4.87. The molecule has 1 heterocycles. The molecule has 1 aliphatic rings. The maximum Gasteiger partial charge on any atom is 0.240 e. The highest BCUT2D eigenvalue weighted by atomic mass is 35.5. The fourth-order valence-corrected chi connectivity index (χ4v) is 3.44. The first kappa shape index (κ1) is 15.5. The molecule has 1 fully saturated rings. The van der Waals surface area contributed by atoms with Crippen LogP contribution in [0.5, 0.6) is 0 Å². The molecule has 0 aromatic heterocycles. The quantitative estimate of drug-likeness (QED) is 0.805. The van der Waals surface area contributed by atoms with Crippen LogP contribution in [0.4, 0.5) is 5.69 Å². The number of nitrogen functional groups attached to an aromatic ring is 1. The first-order chi connectivity index (χ1) is 9.40. The van der Waals surface area contributed by atoms with E-state index in [-0.39, 0.29) is 23.2 Å². The highest BCUT2D eigenvalue weighted by Crippen LogP contribution is 2.26. The summed E-state index contributed by atoms with van der Waals surface area (Å²) in [4.78, 5) is 0.121. The lowest BCUT2D eigenvalue weighted by Gasteiger charge is -2.23. The molecule has 0 spiro atoms. The number of hydrogen-bond donors (Lipinski definition) is 2. The van der Waals surface area contributed by atoms with E-state index in [0.717, 1.165) is 0 Å². The minimum absolute atomic E-state index is 0.121. The van der Waals surface area contributed by atoms with Crippen molar-refractivity contribution in [3.05, 3.63) is 22.7 Å². The van der Waals surface area contributed by atoms with Crippen molar-refractivity contribution >= 4 is 27.3 Å². The van der Waals surface area contributed by atoms with Gasteiger partial charge in [-0.3, -0.25) is 0 Å². The maximum atomic E-state index is 12.3. The monoisotopic (exact) mass is 320 g/mol. The highest BCUT2D eigenvalue weighted by molar-refractivity contribution is 7.89. The Morgan fingerprint density at radius 3 is 2.85 bits per heavy atom. The van der Waals surface area contributed by atoms with E-state index in [1.54, 1.807) is 6.92 Å². The summed E-state index contributed by atoms with van der Waals surface area (Å²) >= 11 is 5.86. The zero-order valence-electron chi connectivity index (χ0n) is 11.1. The van der Waals surface area contributed by atoms with Gasteiger partial charge in [0.15, 0.2) is 0 Å². The Balaban J connectivity index is 2.11. The SMILES string of the molecule is Cc1cc(Cl)c(N)cc1S(=O)(=O)NCC1COCCO1. The van der Waals surface area contributed by atoms with Gasteiger partial charge in [-0.1, -0.05) is 11.6 Å². The molecule has 1 aromatic rings. The van der Waals surface area contributed by atoms with Crippen LogP contribution in [-0.4, -0.2) is 40.9 Å². The number of aryl methyl sites for hydroxylation is 1. The molecule has 20 heavy (non-hydrogen) atoms. The van der Waals surface area contributed by atoms with Crippen molar-refractivity contribution in [3.63, 3.8) is 0 Å². The molecule has 3 N–H and O–H groups in total. The minimum atomic E-state index is -3.65. The van der Waals surface area contributed by atoms with Crippen LogP contribution in [0.2, 0.25) is 5.02 Å². The van der Waals surface area contributed by atoms with Crippen LogP contribution in [0.3, 0.4) is 0 Å². The summed E-state index contributed by atoms with van der Waals surface area (Å²) < 4.78 is 37.6. The molecule has 0 bridgehead atoms. The van der Waals surface area contributed by atoms with Crippen LogP contribution in [-0.2, 0) is 19.5 Å². The number of rotatable bonds is 4. The van der Waals surface area contributed by atoms with Crippen LogP contribution < -0.4 is 10.5 Å². The molecule has 112 valence electrons. The molecule has 1 aromatic carbocycles. The fraction of sp³-hybridized carbons (Fsp3) is 0.500. The normalized spacial score (nSPS) is 20.0. The van der Waals surface area contributed by atoms with Crippen LogP contribution in [0.25, 0.3) is 0 Å². The molecule has 0 radical (unpaired) electrons. The summed E-state index contributed by atoms with van der Waals surface area (Å²) in [5.74, 6) is 0. The second-order valence-corrected chi connectivity index (χ2v) is 6.70. The van der Waals surface area contributed by atoms with Gasteiger partial charge < -0.3 is 15.2 Å². The molecule has 0 saturated carbocycles. The van der Waals surface area contributed by atoms with Crippen LogP contribution in [0.1, 0.15) is 5.56 Å². The Morgan fingerprint density at radius 1 is 1.45 bits per heavy atom. The molecule has 1 atom stereocenters. The van der Waals surface area contributed by atoms with E-state index in [1.165, 1.54) is 12.1 Å². The van der Waals surface area contributed by atoms with Crippen LogP contribution in [0.15, 0.2) is 17.0 Å². The Bertz CT molecular complexity index is 585. The second kappa shape index (κ2) is 6.28. The molecule has 8 heteroatoms. The number of nitrogens with two attached hydrogens (primary N) is 1. The lowest BCUT2D eigenvalue weighted by molar-refractivity contribution is -0.0846. The molecule has 2 rings (SSSR count). The summed E-state index contributed by atoms with van der Waals surface area (Å²) in [5.41, 5.74) is 6.43. The summed E-state index contributed by atoms with van der Waals surface area (Å²) in [6.07, 6.45) is -0.275. The lowest BCUT2D eigenvalue weighted by Crippen LogP contribution is -2.39. The van der Waals surface area contributed by atoms with Gasteiger partial charge in [0.1, 0.15) is 0 Å². The molecule has 1 unspecified atom stereocenters. The predicted molar refractivity (Wildman–Crippen MR) is 76.3 cm³/mol. The van der Waals surface area contributed by atoms with Crippen LogP contribution >= 0.6 is 11.6 Å². The number of nitrogens with one attached hydrogen (secondary N) is 1. The van der Waals surface area contributed by atoms with Crippen molar-refractivity contribution in [1.29, 1.82) is 0 Å². The highest BCUT2D eigenvalue weighted by Gasteiger charge is 2.21. The van der Waals surface area contributed by atoms with E-state index in [4.69, 9.17) is 26.8 Å². The van der Waals surface area contributed by atoms with Gasteiger partial charge in [-0.05, 0) is 24.6 Å². The number of sulfonamides is 1. The summed E-state index contributed by atoms with van der Waals surface area (Å²) in [5, 5.41) is 0.338. The minimum Gasteiger partial charge on any atom is -0.397 e. The van der Waals surface area contributed by atoms with Gasteiger partial charge in [-0.25, -0.2) is 13.1 Å². The van der Waals surface area contributed by atoms with Crippen molar-refractivity contribution in [1.82, 2.24) is 4.72 Å². The molecule has 0 amide bonds. The molecule has 0 aliphatic carbocycles. The number of hydrogen-bond acceptors (Lipinski definition) is 5. The first-order valence-electron chi connectivity index (χ1n) is 6.15. The summed E-state index contributed by atoms with van der Waals surface area (Å²) in [6, 6.07) is 2.89. The van der Waals surface area contributed by atoms with Gasteiger partial charge in [-0.15, -0.1) is 0 Å². The number of ether oxygens (including phenoxy) is 2. The molecular weight excluding hydrogens is 304 g/mol. The predicted octanol–water partition coefficient (Wildman–Crippen LogP) is 0.924. The third kappa shape index (κ3) is 3.62. The Morgan fingerprint density at radius 2 is 2.20 bits per heavy atom. The molecule has 1 saturated heterocycles. The number of benzene rings is 1. The van der Waals surface area contributed by atoms with E-state index >= 15 is 0 Å². The Hall–Kier alpha value is -0.860. The van der Waals surface area contributed by atoms with E-state index in [0.29, 0.717) is 30.4 Å². The van der Waals surface area contributed by atoms with E-state index in [1.807, 2.05) is 0 Å². The van der Waals surface area contributed by atoms with Crippen LogP contribution in [0, 0.1) is 6.92 Å². The zero-order valence-corrected chi connectivity index (χ0v) is 12.6. The summed E-state index contributed by atoms with van der Waals surface area (Å²) in [6.45, 7) is 3.21. The van der Waals surface area contributed by atoms with Gasteiger partial charge in [-0.2, -0.15) is 0 Å². The average Bonchev–Trinajstić information content (AvgIpc) is 2.42. The topological polar surface area (TPSA) is 90.7 Å². The van der Waals surface area contributed by atoms with E-state index < -0.39 is 10.0 Å². The van der Waals surface area contributed by atoms with Gasteiger partial charge in [0, 0.05) is 6.54 Å². The number of halogens is 1. The number of anilines is 1. The first-order valence-corrected chi connectivity index (χ1v) is 8.01. The average molecular weight is 321 g/mol. The van der Waals surface area contributed by atoms with Crippen molar-refractivity contribution in [3.8, 4) is 0 Å². The zero-order chi connectivity index (χ0) is 14.8. The molecule has 6 nitrogen and oxygen atoms in total. The van der Waals surface area contributed by atoms with E-state index in [2.05, 4.69) is 4.72 Å². The van der Waals surface area contributed by atoms with Crippen molar-refractivity contribution in [2.45, 2.75) is 17.9 Å². The van der Waals surface area contributed by atoms with Gasteiger partial charge in [0.05, 0.1) is 41.5 Å². The molecular formula is C12H17ClN2O4S. The van der Waals surface area contributed by atoms with Crippen molar-refractivity contribution < 1.29 is 17.9 Å². The van der Waals surface area contributed by atoms with Gasteiger partial charge in [0.2, 0.25) is 10.0 Å². The van der Waals surface area contributed by atoms with Gasteiger partial charge >= 0.3 is 0 Å². The third-order valence-corrected chi connectivity index (χ3v) is 4.86. The van der Waals surface area contributed by atoms with Crippen molar-refractivity contribution in [2.24, 2.45) is 0 Å². The smallest absolute Gasteiger partial charge is 0.240 e. The summed E-state index contributed by atoms with van der Waals surface area (Å²) in [7, 11) is -3.65. The standard InChI is InChI=1S/C12H17ClN2O4S/c1-8-4-10(13)11(14)5-12(8)20(16,17)15-6-9-7-18-2-3-19-9/h4-5,9,15H,2-3,6-7,14H2,1H3. The van der Waals surface area contributed by atoms with Gasteiger partial charge in [0.25, 0.3) is 0 Å². The second-order valence-electron chi connectivity index (χ2n) is 4.56. The Labute approximate surface area is 123 Å². The fourth-order valence-electron chi connectivity index (χ4n) is 1.89. The van der Waals surface area contributed by atoms with E-state index in [9.17, 15) is 8.42 Å². The lowest BCUT2D eigenvalue weighted by atomic mass is 10.2. The maximum absolute atomic E-state index is 12.3. The largest absolute Gasteiger partial charge is 0.397 e. The van der Waals surface area contributed by atoms with Crippen molar-refractivity contribution in [2.75, 3.05) is 32.1 Å². The third-order valence-electron chi connectivity index (χ3n) is 2.97. The molecule has 1 aliphatic heterocycles.